The van der Waals surface area contributed by atoms with E-state index in [1.54, 1.807) is 7.11 Å². The minimum atomic E-state index is -1.01. The summed E-state index contributed by atoms with van der Waals surface area (Å²) in [5.41, 5.74) is 0.0366. The minimum absolute atomic E-state index is 0.166. The van der Waals surface area contributed by atoms with Gasteiger partial charge in [0.15, 0.2) is 0 Å². The molecule has 0 aromatic carbocycles. The second kappa shape index (κ2) is 6.85. The van der Waals surface area contributed by atoms with Crippen molar-refractivity contribution < 1.29 is 19.4 Å². The number of nitrogens with one attached hydrogen (secondary N) is 2. The fourth-order valence-corrected chi connectivity index (χ4v) is 1.23. The van der Waals surface area contributed by atoms with Crippen molar-refractivity contribution >= 4 is 12.0 Å². The molecular formula is C11H19N5O4. The highest BCUT2D eigenvalue weighted by atomic mass is 16.5. The molecule has 0 aliphatic heterocycles. The summed E-state index contributed by atoms with van der Waals surface area (Å²) in [5.74, 6) is -1.01. The largest absolute Gasteiger partial charge is 0.480 e. The fraction of sp³-hybridized carbons (Fsp3) is 0.636. The van der Waals surface area contributed by atoms with Crippen molar-refractivity contribution in [1.29, 1.82) is 0 Å². The normalized spacial score (nSPS) is 11.2. The topological polar surface area (TPSA) is 118 Å². The molecule has 0 saturated heterocycles. The van der Waals surface area contributed by atoms with E-state index >= 15 is 0 Å². The molecule has 0 atom stereocenters. The number of methoxy groups -OCH3 is 1. The van der Waals surface area contributed by atoms with Crippen molar-refractivity contribution in [2.24, 2.45) is 0 Å². The highest BCUT2D eigenvalue weighted by molar-refractivity contribution is 5.73. The summed E-state index contributed by atoms with van der Waals surface area (Å²) in [6, 6.07) is -0.358. The van der Waals surface area contributed by atoms with Gasteiger partial charge >= 0.3 is 12.0 Å². The molecule has 0 spiro atoms. The Morgan fingerprint density at radius 2 is 2.15 bits per heavy atom. The monoisotopic (exact) mass is 285 g/mol. The molecule has 1 aromatic heterocycles. The van der Waals surface area contributed by atoms with Crippen LogP contribution in [0.1, 0.15) is 19.5 Å². The van der Waals surface area contributed by atoms with Gasteiger partial charge in [0.05, 0.1) is 18.3 Å². The summed E-state index contributed by atoms with van der Waals surface area (Å²) in [7, 11) is 1.57. The van der Waals surface area contributed by atoms with E-state index in [9.17, 15) is 9.59 Å². The van der Waals surface area contributed by atoms with Gasteiger partial charge in [-0.1, -0.05) is 5.21 Å². The maximum absolute atomic E-state index is 11.5. The molecule has 0 aliphatic carbocycles. The number of ether oxygens (including phenoxy) is 1. The lowest BCUT2D eigenvalue weighted by molar-refractivity contribution is -0.137. The van der Waals surface area contributed by atoms with Gasteiger partial charge in [-0.2, -0.15) is 0 Å². The Kier molecular flexibility index (Phi) is 5.44. The van der Waals surface area contributed by atoms with Gasteiger partial charge in [0.1, 0.15) is 12.2 Å². The van der Waals surface area contributed by atoms with E-state index in [-0.39, 0.29) is 19.1 Å². The number of carbonyl (C=O) groups excluding carboxylic acids is 1. The average Bonchev–Trinajstić information content (AvgIpc) is 2.81. The first kappa shape index (κ1) is 15.9. The van der Waals surface area contributed by atoms with Crippen LogP contribution in [0.5, 0.6) is 0 Å². The van der Waals surface area contributed by atoms with Crippen LogP contribution in [0.15, 0.2) is 6.20 Å². The van der Waals surface area contributed by atoms with E-state index in [1.807, 2.05) is 13.8 Å². The number of nitrogens with zero attached hydrogens (tertiary/aromatic N) is 3. The Labute approximate surface area is 116 Å². The van der Waals surface area contributed by atoms with E-state index in [4.69, 9.17) is 9.84 Å². The lowest BCUT2D eigenvalue weighted by Crippen LogP contribution is -2.44. The molecule has 0 bridgehead atoms. The quantitative estimate of drug-likeness (QED) is 0.626. The first-order valence-electron chi connectivity index (χ1n) is 6.00. The number of carboxylic acids is 1. The molecule has 0 radical (unpaired) electrons. The summed E-state index contributed by atoms with van der Waals surface area (Å²) in [6.45, 7) is 3.97. The SMILES string of the molecule is COC(C)(C)CNC(=O)NCc1cn(CC(=O)O)nn1. The Morgan fingerprint density at radius 3 is 2.75 bits per heavy atom. The summed E-state index contributed by atoms with van der Waals surface area (Å²) in [5, 5.41) is 21.2. The van der Waals surface area contributed by atoms with Crippen molar-refractivity contribution in [3.8, 4) is 0 Å². The van der Waals surface area contributed by atoms with Gasteiger partial charge in [0.2, 0.25) is 0 Å². The predicted octanol–water partition coefficient (Wildman–Crippen LogP) is -0.413. The first-order valence-corrected chi connectivity index (χ1v) is 6.00. The van der Waals surface area contributed by atoms with Gasteiger partial charge < -0.3 is 20.5 Å². The zero-order valence-corrected chi connectivity index (χ0v) is 11.7. The number of urea groups is 1. The standard InChI is InChI=1S/C11H19N5O4/c1-11(2,20-3)7-13-10(19)12-4-8-5-16(15-14-8)6-9(17)18/h5H,4,6-7H2,1-3H3,(H,17,18)(H2,12,13,19). The van der Waals surface area contributed by atoms with Gasteiger partial charge in [-0.3, -0.25) is 4.79 Å². The number of aliphatic carboxylic acids is 1. The van der Waals surface area contributed by atoms with Crippen LogP contribution in [0.25, 0.3) is 0 Å². The number of hydrogen-bond acceptors (Lipinski definition) is 5. The first-order chi connectivity index (χ1) is 9.32. The van der Waals surface area contributed by atoms with Gasteiger partial charge in [-0.25, -0.2) is 9.48 Å². The van der Waals surface area contributed by atoms with Crippen molar-refractivity contribution in [3.05, 3.63) is 11.9 Å². The molecule has 0 saturated carbocycles. The third kappa shape index (κ3) is 5.65. The van der Waals surface area contributed by atoms with Crippen LogP contribution < -0.4 is 10.6 Å². The fourth-order valence-electron chi connectivity index (χ4n) is 1.23. The van der Waals surface area contributed by atoms with Crippen molar-refractivity contribution in [3.63, 3.8) is 0 Å². The van der Waals surface area contributed by atoms with Crippen LogP contribution in [-0.2, 0) is 22.6 Å². The third-order valence-electron chi connectivity index (χ3n) is 2.54. The molecule has 20 heavy (non-hydrogen) atoms. The summed E-state index contributed by atoms with van der Waals surface area (Å²) >= 11 is 0. The molecule has 0 aliphatic rings. The summed E-state index contributed by atoms with van der Waals surface area (Å²) in [4.78, 5) is 22.0. The van der Waals surface area contributed by atoms with Crippen LogP contribution in [0, 0.1) is 0 Å². The smallest absolute Gasteiger partial charge is 0.325 e. The van der Waals surface area contributed by atoms with Crippen LogP contribution in [0.4, 0.5) is 4.79 Å². The van der Waals surface area contributed by atoms with Gasteiger partial charge in [-0.05, 0) is 13.8 Å². The van der Waals surface area contributed by atoms with E-state index in [1.165, 1.54) is 10.9 Å². The van der Waals surface area contributed by atoms with Gasteiger partial charge in [0.25, 0.3) is 0 Å². The summed E-state index contributed by atoms with van der Waals surface area (Å²) in [6.07, 6.45) is 1.47. The third-order valence-corrected chi connectivity index (χ3v) is 2.54. The molecule has 3 N–H and O–H groups in total. The van der Waals surface area contributed by atoms with Crippen LogP contribution in [-0.4, -0.2) is 51.4 Å². The zero-order valence-electron chi connectivity index (χ0n) is 11.7. The second-order valence-electron chi connectivity index (χ2n) is 4.80. The Morgan fingerprint density at radius 1 is 1.45 bits per heavy atom. The lowest BCUT2D eigenvalue weighted by atomic mass is 10.1. The van der Waals surface area contributed by atoms with E-state index in [0.29, 0.717) is 12.2 Å². The minimum Gasteiger partial charge on any atom is -0.480 e. The van der Waals surface area contributed by atoms with Crippen LogP contribution in [0.3, 0.4) is 0 Å². The van der Waals surface area contributed by atoms with Gasteiger partial charge in [0, 0.05) is 13.7 Å². The highest BCUT2D eigenvalue weighted by Crippen LogP contribution is 2.04. The molecule has 1 rings (SSSR count). The Balaban J connectivity index is 2.34. The maximum atomic E-state index is 11.5. The number of carboxylic acid groups (broad SMARTS) is 1. The number of hydrogen-bond donors (Lipinski definition) is 3. The van der Waals surface area contributed by atoms with Crippen LogP contribution >= 0.6 is 0 Å². The Bertz CT molecular complexity index is 471. The molecule has 1 heterocycles. The highest BCUT2D eigenvalue weighted by Gasteiger charge is 2.17. The predicted molar refractivity (Wildman–Crippen MR) is 69.0 cm³/mol. The Hall–Kier alpha value is -2.16. The summed E-state index contributed by atoms with van der Waals surface area (Å²) < 4.78 is 6.35. The number of carbonyl (C=O) groups is 2. The molecule has 0 unspecified atom stereocenters. The van der Waals surface area contributed by atoms with Crippen molar-refractivity contribution in [2.45, 2.75) is 32.5 Å². The van der Waals surface area contributed by atoms with E-state index in [2.05, 4.69) is 20.9 Å². The van der Waals surface area contributed by atoms with Crippen LogP contribution in [0.2, 0.25) is 0 Å². The average molecular weight is 285 g/mol. The molecule has 1 aromatic rings. The molecular weight excluding hydrogens is 266 g/mol. The second-order valence-corrected chi connectivity index (χ2v) is 4.80. The maximum Gasteiger partial charge on any atom is 0.325 e. The number of amides is 2. The molecule has 9 nitrogen and oxygen atoms in total. The number of rotatable bonds is 7. The van der Waals surface area contributed by atoms with Crippen molar-refractivity contribution in [1.82, 2.24) is 25.6 Å². The van der Waals surface area contributed by atoms with Gasteiger partial charge in [-0.15, -0.1) is 5.10 Å². The zero-order chi connectivity index (χ0) is 15.2. The van der Waals surface area contributed by atoms with E-state index in [0.717, 1.165) is 0 Å². The van der Waals surface area contributed by atoms with Crippen molar-refractivity contribution in [2.75, 3.05) is 13.7 Å². The lowest BCUT2D eigenvalue weighted by Gasteiger charge is -2.23. The number of aromatic nitrogens is 3. The molecule has 112 valence electrons. The molecule has 2 amide bonds. The molecule has 9 heteroatoms. The molecule has 0 fully saturated rings. The van der Waals surface area contributed by atoms with E-state index < -0.39 is 11.6 Å².